The number of nitrogens with one attached hydrogen (secondary N) is 1. The highest BCUT2D eigenvalue weighted by Crippen LogP contribution is 2.39. The summed E-state index contributed by atoms with van der Waals surface area (Å²) in [5, 5.41) is 13.5. The van der Waals surface area contributed by atoms with Crippen LogP contribution in [-0.2, 0) is 0 Å². The first-order chi connectivity index (χ1) is 12.6. The average Bonchev–Trinajstić information content (AvgIpc) is 3.18. The summed E-state index contributed by atoms with van der Waals surface area (Å²) in [7, 11) is 0. The summed E-state index contributed by atoms with van der Waals surface area (Å²) in [5.41, 5.74) is 2.45. The molecular weight excluding hydrogens is 330 g/mol. The third kappa shape index (κ3) is 2.77. The fraction of sp³-hybridized carbons (Fsp3) is 0.0500. The van der Waals surface area contributed by atoms with Crippen LogP contribution in [0.3, 0.4) is 0 Å². The number of aliphatic imine (C=N–C) groups is 1. The van der Waals surface area contributed by atoms with Crippen molar-refractivity contribution in [2.45, 2.75) is 6.92 Å². The van der Waals surface area contributed by atoms with Gasteiger partial charge in [0.15, 0.2) is 23.1 Å². The molecule has 3 aromatic rings. The smallest absolute Gasteiger partial charge is 0.212 e. The van der Waals surface area contributed by atoms with E-state index in [1.807, 2.05) is 42.5 Å². The van der Waals surface area contributed by atoms with Gasteiger partial charge < -0.3 is 14.8 Å². The molecule has 2 N–H and O–H groups in total. The highest BCUT2D eigenvalue weighted by Gasteiger charge is 2.23. The molecule has 1 aromatic carbocycles. The molecule has 3 heterocycles. The molecule has 1 aliphatic heterocycles. The Hall–Kier alpha value is -3.67. The lowest BCUT2D eigenvalue weighted by molar-refractivity contribution is 0.101. The second kappa shape index (κ2) is 6.33. The number of benzene rings is 1. The van der Waals surface area contributed by atoms with Gasteiger partial charge in [-0.05, 0) is 37.3 Å². The number of anilines is 2. The van der Waals surface area contributed by atoms with E-state index in [1.165, 1.54) is 6.92 Å². The van der Waals surface area contributed by atoms with Crippen LogP contribution in [0.15, 0.2) is 58.1 Å². The van der Waals surface area contributed by atoms with E-state index in [1.54, 1.807) is 18.5 Å². The van der Waals surface area contributed by atoms with E-state index in [-0.39, 0.29) is 28.7 Å². The molecule has 4 rings (SSSR count). The van der Waals surface area contributed by atoms with Crippen LogP contribution in [0.5, 0.6) is 5.75 Å². The van der Waals surface area contributed by atoms with Gasteiger partial charge in [0.1, 0.15) is 5.56 Å². The molecule has 0 fully saturated rings. The Labute approximate surface area is 149 Å². The molecule has 0 saturated carbocycles. The van der Waals surface area contributed by atoms with Crippen molar-refractivity contribution >= 4 is 41.0 Å². The Morgan fingerprint density at radius 3 is 2.77 bits per heavy atom. The molecule has 128 valence electrons. The van der Waals surface area contributed by atoms with E-state index >= 15 is 0 Å². The Balaban J connectivity index is 1.77. The van der Waals surface area contributed by atoms with Crippen molar-refractivity contribution in [2.24, 2.45) is 4.99 Å². The largest absolute Gasteiger partial charge is 0.504 e. The number of furan rings is 1. The van der Waals surface area contributed by atoms with Crippen molar-refractivity contribution in [3.63, 3.8) is 0 Å². The zero-order chi connectivity index (χ0) is 18.1. The fourth-order valence-corrected chi connectivity index (χ4v) is 2.79. The van der Waals surface area contributed by atoms with Crippen molar-refractivity contribution in [3.05, 3.63) is 65.5 Å². The van der Waals surface area contributed by atoms with E-state index in [0.29, 0.717) is 5.82 Å². The molecule has 0 saturated heterocycles. The second-order valence-corrected chi connectivity index (χ2v) is 5.80. The number of rotatable bonds is 4. The van der Waals surface area contributed by atoms with Crippen LogP contribution in [0.1, 0.15) is 28.6 Å². The third-order valence-corrected chi connectivity index (χ3v) is 4.00. The number of ketones is 1. The monoisotopic (exact) mass is 345 g/mol. The zero-order valence-corrected chi connectivity index (χ0v) is 13.9. The quantitative estimate of drug-likeness (QED) is 0.676. The molecule has 0 spiro atoms. The topological polar surface area (TPSA) is 87.7 Å². The maximum atomic E-state index is 12.0. The molecule has 26 heavy (non-hydrogen) atoms. The Kier molecular flexibility index (Phi) is 3.85. The summed E-state index contributed by atoms with van der Waals surface area (Å²) >= 11 is 0. The number of aromatic hydroxyl groups is 1. The predicted octanol–water partition coefficient (Wildman–Crippen LogP) is 4.58. The lowest BCUT2D eigenvalue weighted by atomic mass is 10.1. The van der Waals surface area contributed by atoms with Gasteiger partial charge in [0, 0.05) is 29.2 Å². The minimum atomic E-state index is -0.295. The lowest BCUT2D eigenvalue weighted by Gasteiger charge is -2.03. The lowest BCUT2D eigenvalue weighted by Crippen LogP contribution is -1.97. The number of allylic oxidation sites excluding steroid dienone is 1. The van der Waals surface area contributed by atoms with Gasteiger partial charge in [0.25, 0.3) is 0 Å². The molecule has 0 aliphatic carbocycles. The minimum absolute atomic E-state index is 0.113. The summed E-state index contributed by atoms with van der Waals surface area (Å²) in [5.74, 6) is 0.506. The molecule has 0 amide bonds. The molecule has 6 heteroatoms. The maximum absolute atomic E-state index is 12.0. The third-order valence-electron chi connectivity index (χ3n) is 4.00. The van der Waals surface area contributed by atoms with Crippen molar-refractivity contribution in [1.29, 1.82) is 0 Å². The number of pyridine rings is 1. The molecule has 0 unspecified atom stereocenters. The SMILES string of the molecule is CC(=O)c1c(Nc2ccccc2)oc(C=C2C=Nc3ncccc32)c1O. The van der Waals surface area contributed by atoms with Gasteiger partial charge in [-0.25, -0.2) is 9.98 Å². The van der Waals surface area contributed by atoms with Crippen LogP contribution in [0.2, 0.25) is 0 Å². The number of hydrogen-bond donors (Lipinski definition) is 2. The molecule has 1 aliphatic rings. The first-order valence-electron chi connectivity index (χ1n) is 8.03. The molecule has 0 radical (unpaired) electrons. The van der Waals surface area contributed by atoms with E-state index < -0.39 is 0 Å². The number of carbonyl (C=O) groups is 1. The molecular formula is C20H15N3O3. The highest BCUT2D eigenvalue weighted by molar-refractivity contribution is 6.21. The summed E-state index contributed by atoms with van der Waals surface area (Å²) in [4.78, 5) is 20.4. The predicted molar refractivity (Wildman–Crippen MR) is 100 cm³/mol. The van der Waals surface area contributed by atoms with Crippen molar-refractivity contribution in [3.8, 4) is 5.75 Å². The van der Waals surface area contributed by atoms with Crippen molar-refractivity contribution in [1.82, 2.24) is 4.98 Å². The van der Waals surface area contributed by atoms with Crippen LogP contribution in [0.4, 0.5) is 17.4 Å². The summed E-state index contributed by atoms with van der Waals surface area (Å²) in [6.07, 6.45) is 4.96. The van der Waals surface area contributed by atoms with Crippen LogP contribution < -0.4 is 5.32 Å². The molecule has 6 nitrogen and oxygen atoms in total. The maximum Gasteiger partial charge on any atom is 0.212 e. The first kappa shape index (κ1) is 15.8. The Morgan fingerprint density at radius 1 is 1.19 bits per heavy atom. The van der Waals surface area contributed by atoms with E-state index in [4.69, 9.17) is 4.42 Å². The van der Waals surface area contributed by atoms with Gasteiger partial charge in [-0.3, -0.25) is 4.79 Å². The number of carbonyl (C=O) groups excluding carboxylic acids is 1. The Morgan fingerprint density at radius 2 is 2.00 bits per heavy atom. The van der Waals surface area contributed by atoms with Crippen molar-refractivity contribution < 1.29 is 14.3 Å². The van der Waals surface area contributed by atoms with Gasteiger partial charge in [-0.1, -0.05) is 18.2 Å². The van der Waals surface area contributed by atoms with Gasteiger partial charge in [-0.15, -0.1) is 0 Å². The molecule has 2 aromatic heterocycles. The number of aromatic nitrogens is 1. The number of hydrogen-bond acceptors (Lipinski definition) is 6. The summed E-state index contributed by atoms with van der Waals surface area (Å²) in [6, 6.07) is 13.0. The number of para-hydroxylation sites is 1. The Bertz CT molecular complexity index is 1050. The normalized spacial score (nSPS) is 13.8. The van der Waals surface area contributed by atoms with Gasteiger partial charge in [0.05, 0.1) is 0 Å². The minimum Gasteiger partial charge on any atom is -0.504 e. The number of Topliss-reactive ketones (excluding diaryl/α,β-unsaturated/α-hetero) is 1. The highest BCUT2D eigenvalue weighted by atomic mass is 16.4. The first-order valence-corrected chi connectivity index (χ1v) is 8.03. The summed E-state index contributed by atoms with van der Waals surface area (Å²) < 4.78 is 5.75. The second-order valence-electron chi connectivity index (χ2n) is 5.80. The van der Waals surface area contributed by atoms with Gasteiger partial charge in [0.2, 0.25) is 5.88 Å². The fourth-order valence-electron chi connectivity index (χ4n) is 2.79. The van der Waals surface area contributed by atoms with Gasteiger partial charge >= 0.3 is 0 Å². The van der Waals surface area contributed by atoms with E-state index in [0.717, 1.165) is 16.8 Å². The molecule has 0 atom stereocenters. The van der Waals surface area contributed by atoms with Crippen LogP contribution >= 0.6 is 0 Å². The average molecular weight is 345 g/mol. The van der Waals surface area contributed by atoms with Crippen LogP contribution in [-0.4, -0.2) is 22.1 Å². The molecule has 0 bridgehead atoms. The van der Waals surface area contributed by atoms with Crippen molar-refractivity contribution in [2.75, 3.05) is 5.32 Å². The van der Waals surface area contributed by atoms with Crippen LogP contribution in [0.25, 0.3) is 11.6 Å². The van der Waals surface area contributed by atoms with Crippen LogP contribution in [0, 0.1) is 0 Å². The summed E-state index contributed by atoms with van der Waals surface area (Å²) in [6.45, 7) is 1.38. The van der Waals surface area contributed by atoms with E-state index in [2.05, 4.69) is 15.3 Å². The standard InChI is InChI=1S/C20H15N3O3/c1-12(24)17-18(25)16(26-20(17)23-14-6-3-2-4-7-14)10-13-11-22-19-15(13)8-5-9-21-19/h2-11,23,25H,1H3. The van der Waals surface area contributed by atoms with Gasteiger partial charge in [-0.2, -0.15) is 0 Å². The number of fused-ring (bicyclic) bond motifs is 1. The number of nitrogens with zero attached hydrogens (tertiary/aromatic N) is 2. The zero-order valence-electron chi connectivity index (χ0n) is 13.9. The van der Waals surface area contributed by atoms with E-state index in [9.17, 15) is 9.90 Å².